The number of hydrogen-bond donors (Lipinski definition) is 0. The van der Waals surface area contributed by atoms with Gasteiger partial charge in [0.15, 0.2) is 0 Å². The Kier molecular flexibility index (Phi) is 4.19. The molecule has 0 fully saturated rings. The van der Waals surface area contributed by atoms with Crippen molar-refractivity contribution < 1.29 is 0 Å². The van der Waals surface area contributed by atoms with E-state index in [0.29, 0.717) is 5.92 Å². The third-order valence-corrected chi connectivity index (χ3v) is 3.77. The molecule has 1 atom stereocenters. The van der Waals surface area contributed by atoms with Crippen molar-refractivity contribution in [3.8, 4) is 0 Å². The van der Waals surface area contributed by atoms with Crippen LogP contribution in [0, 0.1) is 0 Å². The predicted octanol–water partition coefficient (Wildman–Crippen LogP) is -3.38. The first kappa shape index (κ1) is 12.5. The van der Waals surface area contributed by atoms with Crippen molar-refractivity contribution in [2.75, 3.05) is 0 Å². The van der Waals surface area contributed by atoms with Crippen LogP contribution >= 0.6 is 0 Å². The van der Waals surface area contributed by atoms with E-state index in [9.17, 15) is 0 Å². The van der Waals surface area contributed by atoms with Gasteiger partial charge in [-0.15, -0.1) is 10.9 Å². The first-order chi connectivity index (χ1) is 6.99. The molecule has 15 heavy (non-hydrogen) atoms. The molecular formula is C11H20B4. The normalized spacial score (nSPS) is 12.7. The topological polar surface area (TPSA) is 0 Å². The molecule has 1 rings (SSSR count). The summed E-state index contributed by atoms with van der Waals surface area (Å²) in [5, 5.41) is 0. The molecular weight excluding hydrogens is 175 g/mol. The zero-order valence-corrected chi connectivity index (χ0v) is 11.1. The smallest absolute Gasteiger partial charge is 0.102 e. The quantitative estimate of drug-likeness (QED) is 0.442. The predicted molar refractivity (Wildman–Crippen MR) is 82.5 cm³/mol. The van der Waals surface area contributed by atoms with Gasteiger partial charge in [0, 0.05) is 0 Å². The van der Waals surface area contributed by atoms with E-state index in [2.05, 4.69) is 51.3 Å². The molecule has 0 aliphatic rings. The molecule has 1 aromatic rings. The molecule has 0 nitrogen and oxygen atoms in total. The average Bonchev–Trinajstić information content (AvgIpc) is 2.20. The van der Waals surface area contributed by atoms with E-state index in [-0.39, 0.29) is 0 Å². The van der Waals surface area contributed by atoms with Crippen LogP contribution in [0.3, 0.4) is 0 Å². The van der Waals surface area contributed by atoms with E-state index in [1.54, 1.807) is 5.56 Å². The van der Waals surface area contributed by atoms with Gasteiger partial charge in [0.2, 0.25) is 0 Å². The number of hydrogen-bond acceptors (Lipinski definition) is 0. The Morgan fingerprint density at radius 2 is 1.67 bits per heavy atom. The minimum absolute atomic E-state index is 0.702. The molecule has 0 saturated heterocycles. The van der Waals surface area contributed by atoms with E-state index >= 15 is 0 Å². The van der Waals surface area contributed by atoms with E-state index in [1.165, 1.54) is 34.7 Å². The van der Waals surface area contributed by atoms with Gasteiger partial charge >= 0.3 is 0 Å². The number of benzene rings is 1. The van der Waals surface area contributed by atoms with Crippen molar-refractivity contribution >= 4 is 53.2 Å². The molecule has 0 heterocycles. The SMILES string of the molecule is Bc1cc(C(C)CCC)c(B)c(B)c1B. The fourth-order valence-corrected chi connectivity index (χ4v) is 2.34. The van der Waals surface area contributed by atoms with Crippen molar-refractivity contribution in [1.29, 1.82) is 0 Å². The van der Waals surface area contributed by atoms with Gasteiger partial charge in [0.05, 0.1) is 0 Å². The zero-order chi connectivity index (χ0) is 11.6. The lowest BCUT2D eigenvalue weighted by Gasteiger charge is -2.20. The Labute approximate surface area is 97.9 Å². The Morgan fingerprint density at radius 3 is 2.20 bits per heavy atom. The molecule has 4 heteroatoms. The van der Waals surface area contributed by atoms with Crippen LogP contribution in [0.2, 0.25) is 0 Å². The van der Waals surface area contributed by atoms with Crippen molar-refractivity contribution in [1.82, 2.24) is 0 Å². The second kappa shape index (κ2) is 5.01. The highest BCUT2D eigenvalue weighted by atomic mass is 14.1. The highest BCUT2D eigenvalue weighted by molar-refractivity contribution is 6.62. The number of rotatable bonds is 3. The van der Waals surface area contributed by atoms with Gasteiger partial charge in [0.25, 0.3) is 0 Å². The molecule has 0 spiro atoms. The maximum Gasteiger partial charge on any atom is 0.138 e. The van der Waals surface area contributed by atoms with Crippen LogP contribution in [0.15, 0.2) is 6.07 Å². The summed E-state index contributed by atoms with van der Waals surface area (Å²) in [6.07, 6.45) is 2.56. The van der Waals surface area contributed by atoms with Crippen LogP contribution in [-0.2, 0) is 0 Å². The van der Waals surface area contributed by atoms with E-state index < -0.39 is 0 Å². The summed E-state index contributed by atoms with van der Waals surface area (Å²) in [5.74, 6) is 0.702. The standard InChI is InChI=1S/C11H20B4/c1-3-4-6(2)7-5-8(12)10(14)11(15)9(7)13/h5-6H,3-4,12-15H2,1-2H3. The van der Waals surface area contributed by atoms with Crippen LogP contribution in [0.4, 0.5) is 0 Å². The molecule has 0 radical (unpaired) electrons. The Hall–Kier alpha value is -0.520. The third kappa shape index (κ3) is 2.53. The van der Waals surface area contributed by atoms with Crippen molar-refractivity contribution in [3.05, 3.63) is 11.6 Å². The molecule has 1 aromatic carbocycles. The summed E-state index contributed by atoms with van der Waals surface area (Å²) in [5.41, 5.74) is 7.43. The highest BCUT2D eigenvalue weighted by Gasteiger charge is 2.11. The Bertz CT molecular complexity index is 360. The molecule has 0 saturated carbocycles. The maximum atomic E-state index is 2.39. The first-order valence-electron chi connectivity index (χ1n) is 6.06. The monoisotopic (exact) mass is 196 g/mol. The van der Waals surface area contributed by atoms with Gasteiger partial charge in [-0.2, -0.15) is 0 Å². The van der Waals surface area contributed by atoms with E-state index in [1.807, 2.05) is 0 Å². The maximum absolute atomic E-state index is 2.39. The van der Waals surface area contributed by atoms with Crippen LogP contribution in [-0.4, -0.2) is 31.4 Å². The van der Waals surface area contributed by atoms with Crippen molar-refractivity contribution in [3.63, 3.8) is 0 Å². The Morgan fingerprint density at radius 1 is 1.07 bits per heavy atom. The third-order valence-electron chi connectivity index (χ3n) is 3.77. The summed E-state index contributed by atoms with van der Waals surface area (Å²) < 4.78 is 0. The van der Waals surface area contributed by atoms with E-state index in [0.717, 1.165) is 0 Å². The van der Waals surface area contributed by atoms with Crippen LogP contribution in [0.1, 0.15) is 38.2 Å². The summed E-state index contributed by atoms with van der Waals surface area (Å²) in [6.45, 7) is 4.61. The molecule has 0 amide bonds. The van der Waals surface area contributed by atoms with Crippen LogP contribution < -0.4 is 21.9 Å². The minimum Gasteiger partial charge on any atom is -0.102 e. The summed E-state index contributed by atoms with van der Waals surface area (Å²) >= 11 is 0. The lowest BCUT2D eigenvalue weighted by molar-refractivity contribution is 0.668. The molecule has 0 N–H and O–H groups in total. The lowest BCUT2D eigenvalue weighted by atomic mass is 9.64. The fraction of sp³-hybridized carbons (Fsp3) is 0.455. The average molecular weight is 196 g/mol. The van der Waals surface area contributed by atoms with Crippen LogP contribution in [0.5, 0.6) is 0 Å². The largest absolute Gasteiger partial charge is 0.138 e. The van der Waals surface area contributed by atoms with E-state index in [4.69, 9.17) is 0 Å². The fourth-order valence-electron chi connectivity index (χ4n) is 2.34. The second-order valence-electron chi connectivity index (χ2n) is 4.85. The molecule has 76 valence electrons. The first-order valence-corrected chi connectivity index (χ1v) is 6.06. The molecule has 0 bridgehead atoms. The molecule has 0 aliphatic heterocycles. The summed E-state index contributed by atoms with van der Waals surface area (Å²) in [4.78, 5) is 0. The highest BCUT2D eigenvalue weighted by Crippen LogP contribution is 2.16. The zero-order valence-electron chi connectivity index (χ0n) is 11.1. The molecule has 0 aliphatic carbocycles. The lowest BCUT2D eigenvalue weighted by Crippen LogP contribution is -2.49. The van der Waals surface area contributed by atoms with Gasteiger partial charge in [-0.1, -0.05) is 42.8 Å². The Balaban J connectivity index is 3.19. The molecule has 1 unspecified atom stereocenters. The van der Waals surface area contributed by atoms with Gasteiger partial charge in [-0.25, -0.2) is 0 Å². The summed E-state index contributed by atoms with van der Waals surface area (Å²) in [6, 6.07) is 2.39. The van der Waals surface area contributed by atoms with Gasteiger partial charge < -0.3 is 0 Å². The van der Waals surface area contributed by atoms with Crippen molar-refractivity contribution in [2.24, 2.45) is 0 Å². The summed E-state index contributed by atoms with van der Waals surface area (Å²) in [7, 11) is 8.97. The molecule has 0 aromatic heterocycles. The van der Waals surface area contributed by atoms with Gasteiger partial charge in [0.1, 0.15) is 31.4 Å². The van der Waals surface area contributed by atoms with Crippen molar-refractivity contribution in [2.45, 2.75) is 32.6 Å². The minimum atomic E-state index is 0.702. The van der Waals surface area contributed by atoms with Gasteiger partial charge in [-0.3, -0.25) is 0 Å². The second-order valence-corrected chi connectivity index (χ2v) is 4.85. The van der Waals surface area contributed by atoms with Crippen LogP contribution in [0.25, 0.3) is 0 Å². The van der Waals surface area contributed by atoms with Gasteiger partial charge in [-0.05, 0) is 12.3 Å².